The summed E-state index contributed by atoms with van der Waals surface area (Å²) < 4.78 is 0. The summed E-state index contributed by atoms with van der Waals surface area (Å²) in [7, 11) is 3.70. The van der Waals surface area contributed by atoms with Gasteiger partial charge in [-0.3, -0.25) is 10.1 Å². The Bertz CT molecular complexity index is 469. The van der Waals surface area contributed by atoms with Crippen LogP contribution in [0.5, 0.6) is 0 Å². The van der Waals surface area contributed by atoms with Crippen LogP contribution < -0.4 is 4.90 Å². The lowest BCUT2D eigenvalue weighted by Gasteiger charge is -2.04. The SMILES string of the molecule is CC(C)C/C(=C\c1sc(N(C)C)nc1Cl)[N+](=O)[O-]. The van der Waals surface area contributed by atoms with Crippen LogP contribution in [0.25, 0.3) is 6.08 Å². The third-order valence-electron chi connectivity index (χ3n) is 2.13. The lowest BCUT2D eigenvalue weighted by atomic mass is 10.1. The number of hydrogen-bond donors (Lipinski definition) is 0. The van der Waals surface area contributed by atoms with Gasteiger partial charge in [-0.15, -0.1) is 0 Å². The highest BCUT2D eigenvalue weighted by molar-refractivity contribution is 7.17. The van der Waals surface area contributed by atoms with Crippen LogP contribution in [0.1, 0.15) is 25.1 Å². The Balaban J connectivity index is 3.07. The molecule has 0 saturated heterocycles. The lowest BCUT2D eigenvalue weighted by molar-refractivity contribution is -0.427. The Hall–Kier alpha value is -1.14. The number of anilines is 1. The first-order chi connectivity index (χ1) is 8.31. The van der Waals surface area contributed by atoms with Crippen LogP contribution in [-0.4, -0.2) is 24.0 Å². The highest BCUT2D eigenvalue weighted by Gasteiger charge is 2.16. The molecular weight excluding hydrogens is 274 g/mol. The van der Waals surface area contributed by atoms with Crippen LogP contribution in [0.4, 0.5) is 5.13 Å². The molecule has 0 N–H and O–H groups in total. The van der Waals surface area contributed by atoms with E-state index in [1.165, 1.54) is 17.4 Å². The predicted octanol–water partition coefficient (Wildman–Crippen LogP) is 3.53. The molecule has 0 saturated carbocycles. The van der Waals surface area contributed by atoms with E-state index in [0.717, 1.165) is 5.13 Å². The monoisotopic (exact) mass is 289 g/mol. The Morgan fingerprint density at radius 2 is 2.22 bits per heavy atom. The number of halogens is 1. The molecule has 1 rings (SSSR count). The van der Waals surface area contributed by atoms with E-state index in [4.69, 9.17) is 11.6 Å². The number of rotatable bonds is 5. The molecule has 5 nitrogen and oxygen atoms in total. The summed E-state index contributed by atoms with van der Waals surface area (Å²) in [6.07, 6.45) is 1.94. The van der Waals surface area contributed by atoms with Crippen molar-refractivity contribution in [2.24, 2.45) is 5.92 Å². The zero-order valence-corrected chi connectivity index (χ0v) is 12.4. The fourth-order valence-corrected chi connectivity index (χ4v) is 2.48. The first kappa shape index (κ1) is 14.9. The van der Waals surface area contributed by atoms with Crippen LogP contribution in [-0.2, 0) is 0 Å². The van der Waals surface area contributed by atoms with E-state index in [1.54, 1.807) is 0 Å². The second kappa shape index (κ2) is 6.15. The van der Waals surface area contributed by atoms with Gasteiger partial charge in [0.15, 0.2) is 5.13 Å². The van der Waals surface area contributed by atoms with Crippen molar-refractivity contribution in [3.05, 3.63) is 25.8 Å². The molecule has 0 spiro atoms. The van der Waals surface area contributed by atoms with Gasteiger partial charge >= 0.3 is 0 Å². The maximum atomic E-state index is 11.0. The average Bonchev–Trinajstić information content (AvgIpc) is 2.58. The standard InChI is InChI=1S/C11H16ClN3O2S/c1-7(2)5-8(15(16)17)6-9-10(12)13-11(18-9)14(3)4/h6-7H,5H2,1-4H3/b8-6+. The molecule has 0 unspecified atom stereocenters. The number of nitro groups is 1. The molecule has 7 heteroatoms. The summed E-state index contributed by atoms with van der Waals surface area (Å²) in [5, 5.41) is 12.0. The molecular formula is C11H16ClN3O2S. The van der Waals surface area contributed by atoms with Crippen LogP contribution in [0.2, 0.25) is 5.15 Å². The molecule has 1 aromatic rings. The van der Waals surface area contributed by atoms with Crippen LogP contribution in [0.15, 0.2) is 5.70 Å². The van der Waals surface area contributed by atoms with E-state index in [-0.39, 0.29) is 16.5 Å². The van der Waals surface area contributed by atoms with Gasteiger partial charge in [-0.1, -0.05) is 36.8 Å². The largest absolute Gasteiger partial charge is 0.354 e. The van der Waals surface area contributed by atoms with E-state index >= 15 is 0 Å². The Morgan fingerprint density at radius 3 is 2.61 bits per heavy atom. The topological polar surface area (TPSA) is 59.3 Å². The average molecular weight is 290 g/mol. The van der Waals surface area contributed by atoms with Gasteiger partial charge in [0.25, 0.3) is 0 Å². The van der Waals surface area contributed by atoms with Crippen molar-refractivity contribution in [3.8, 4) is 0 Å². The van der Waals surface area contributed by atoms with Crippen molar-refractivity contribution in [2.45, 2.75) is 20.3 Å². The van der Waals surface area contributed by atoms with Crippen molar-refractivity contribution in [1.82, 2.24) is 4.98 Å². The summed E-state index contributed by atoms with van der Waals surface area (Å²) in [6.45, 7) is 3.88. The van der Waals surface area contributed by atoms with E-state index in [1.807, 2.05) is 32.8 Å². The van der Waals surface area contributed by atoms with Crippen molar-refractivity contribution < 1.29 is 4.92 Å². The molecule has 0 radical (unpaired) electrons. The minimum Gasteiger partial charge on any atom is -0.354 e. The molecule has 0 atom stereocenters. The van der Waals surface area contributed by atoms with Gasteiger partial charge in [0.05, 0.1) is 9.80 Å². The summed E-state index contributed by atoms with van der Waals surface area (Å²) >= 11 is 7.32. The number of nitrogens with zero attached hydrogens (tertiary/aromatic N) is 3. The Labute approximate surface area is 115 Å². The van der Waals surface area contributed by atoms with Crippen molar-refractivity contribution in [1.29, 1.82) is 0 Å². The van der Waals surface area contributed by atoms with Gasteiger partial charge in [-0.2, -0.15) is 0 Å². The molecule has 0 amide bonds. The maximum absolute atomic E-state index is 11.0. The third-order valence-corrected chi connectivity index (χ3v) is 3.70. The highest BCUT2D eigenvalue weighted by atomic mass is 35.5. The Kier molecular flexibility index (Phi) is 5.10. The number of hydrogen-bond acceptors (Lipinski definition) is 5. The summed E-state index contributed by atoms with van der Waals surface area (Å²) in [4.78, 5) is 17.2. The van der Waals surface area contributed by atoms with Crippen molar-refractivity contribution in [3.63, 3.8) is 0 Å². The summed E-state index contributed by atoms with van der Waals surface area (Å²) in [5.41, 5.74) is 0.167. The molecule has 0 bridgehead atoms. The normalized spacial score (nSPS) is 12.0. The lowest BCUT2D eigenvalue weighted by Crippen LogP contribution is -2.07. The van der Waals surface area contributed by atoms with E-state index < -0.39 is 0 Å². The second-order valence-corrected chi connectivity index (χ2v) is 5.90. The minimum atomic E-state index is -0.356. The van der Waals surface area contributed by atoms with Gasteiger partial charge in [0, 0.05) is 26.6 Å². The molecule has 1 heterocycles. The first-order valence-electron chi connectivity index (χ1n) is 5.50. The molecule has 0 fully saturated rings. The van der Waals surface area contributed by atoms with E-state index in [9.17, 15) is 10.1 Å². The molecule has 0 aliphatic carbocycles. The third kappa shape index (κ3) is 3.96. The van der Waals surface area contributed by atoms with Gasteiger partial charge in [0.1, 0.15) is 5.15 Å². The highest BCUT2D eigenvalue weighted by Crippen LogP contribution is 2.31. The maximum Gasteiger partial charge on any atom is 0.248 e. The molecule has 18 heavy (non-hydrogen) atoms. The van der Waals surface area contributed by atoms with Crippen LogP contribution >= 0.6 is 22.9 Å². The van der Waals surface area contributed by atoms with Gasteiger partial charge in [-0.25, -0.2) is 4.98 Å². The molecule has 100 valence electrons. The molecule has 0 aliphatic rings. The number of aromatic nitrogens is 1. The fraction of sp³-hybridized carbons (Fsp3) is 0.545. The molecule has 0 aromatic carbocycles. The first-order valence-corrected chi connectivity index (χ1v) is 6.69. The molecule has 1 aromatic heterocycles. The van der Waals surface area contributed by atoms with Crippen LogP contribution in [0, 0.1) is 16.0 Å². The van der Waals surface area contributed by atoms with Crippen LogP contribution in [0.3, 0.4) is 0 Å². The zero-order valence-electron chi connectivity index (χ0n) is 10.8. The Morgan fingerprint density at radius 1 is 1.61 bits per heavy atom. The zero-order chi connectivity index (χ0) is 13.9. The quantitative estimate of drug-likeness (QED) is 0.614. The van der Waals surface area contributed by atoms with E-state index in [0.29, 0.717) is 16.5 Å². The fourth-order valence-electron chi connectivity index (χ4n) is 1.34. The van der Waals surface area contributed by atoms with Crippen molar-refractivity contribution >= 4 is 34.1 Å². The van der Waals surface area contributed by atoms with Gasteiger partial charge in [-0.05, 0) is 5.92 Å². The van der Waals surface area contributed by atoms with Crippen molar-refractivity contribution in [2.75, 3.05) is 19.0 Å². The predicted molar refractivity (Wildman–Crippen MR) is 75.9 cm³/mol. The number of thiazole rings is 1. The summed E-state index contributed by atoms with van der Waals surface area (Å²) in [5.74, 6) is 0.224. The van der Waals surface area contributed by atoms with Gasteiger partial charge < -0.3 is 4.90 Å². The molecule has 0 aliphatic heterocycles. The second-order valence-electron chi connectivity index (χ2n) is 4.54. The van der Waals surface area contributed by atoms with E-state index in [2.05, 4.69) is 4.98 Å². The number of allylic oxidation sites excluding steroid dienone is 1. The summed E-state index contributed by atoms with van der Waals surface area (Å²) in [6, 6.07) is 0. The smallest absolute Gasteiger partial charge is 0.248 e. The van der Waals surface area contributed by atoms with Gasteiger partial charge in [0.2, 0.25) is 5.70 Å². The minimum absolute atomic E-state index is 0.167.